The van der Waals surface area contributed by atoms with Crippen LogP contribution in [0.4, 0.5) is 10.2 Å². The molecule has 4 bridgehead atoms. The van der Waals surface area contributed by atoms with Crippen molar-refractivity contribution < 1.29 is 9.18 Å². The highest BCUT2D eigenvalue weighted by atomic mass is 19.1. The van der Waals surface area contributed by atoms with Gasteiger partial charge < -0.3 is 9.80 Å². The number of piperazine rings is 1. The molecule has 0 atom stereocenters. The van der Waals surface area contributed by atoms with E-state index >= 15 is 0 Å². The van der Waals surface area contributed by atoms with Crippen LogP contribution in [-0.4, -0.2) is 47.0 Å². The van der Waals surface area contributed by atoms with E-state index in [0.717, 1.165) is 86.7 Å². The van der Waals surface area contributed by atoms with E-state index < -0.39 is 0 Å². The number of carbonyl (C=O) groups excluding carboxylic acids is 1. The second-order valence-corrected chi connectivity index (χ2v) is 12.6. The maximum absolute atomic E-state index is 14.1. The van der Waals surface area contributed by atoms with Crippen molar-refractivity contribution in [2.24, 2.45) is 23.2 Å². The number of halogens is 1. The van der Waals surface area contributed by atoms with Crippen LogP contribution in [0.1, 0.15) is 55.3 Å². The number of hydrogen-bond acceptors (Lipinski definition) is 4. The summed E-state index contributed by atoms with van der Waals surface area (Å²) in [6.45, 7) is 4.98. The van der Waals surface area contributed by atoms with Gasteiger partial charge in [0, 0.05) is 49.4 Å². The number of aromatic nitrogens is 2. The Labute approximate surface area is 230 Å². The molecule has 4 saturated carbocycles. The fraction of sp³-hybridized carbons (Fsp3) is 0.485. The van der Waals surface area contributed by atoms with Gasteiger partial charge >= 0.3 is 0 Å². The zero-order valence-electron chi connectivity index (χ0n) is 22.8. The van der Waals surface area contributed by atoms with Gasteiger partial charge in [-0.2, -0.15) is 0 Å². The lowest BCUT2D eigenvalue weighted by molar-refractivity contribution is -0.158. The highest BCUT2D eigenvalue weighted by Crippen LogP contribution is 2.60. The standard InChI is InChI=1S/C33H37FN4O/c1-22-29(17-23-6-3-2-4-7-23)31(36-30(35-22)27-8-5-9-28(34)18-27)37-10-12-38(13-11-37)32(39)33-19-24-14-25(20-33)16-26(15-24)21-33/h2-9,18,24-26H,10-17,19-21H2,1H3. The average molecular weight is 525 g/mol. The molecule has 1 amide bonds. The molecule has 5 aliphatic rings. The normalized spacial score (nSPS) is 27.7. The Kier molecular flexibility index (Phi) is 6.17. The largest absolute Gasteiger partial charge is 0.353 e. The third-order valence-corrected chi connectivity index (χ3v) is 9.86. The molecule has 202 valence electrons. The highest BCUT2D eigenvalue weighted by Gasteiger charge is 2.55. The van der Waals surface area contributed by atoms with Crippen LogP contribution in [0.3, 0.4) is 0 Å². The molecule has 5 fully saturated rings. The third-order valence-electron chi connectivity index (χ3n) is 9.86. The fourth-order valence-electron chi connectivity index (χ4n) is 8.44. The number of hydrogen-bond donors (Lipinski definition) is 0. The average Bonchev–Trinajstić information content (AvgIpc) is 2.93. The smallest absolute Gasteiger partial charge is 0.228 e. The Morgan fingerprint density at radius 3 is 2.21 bits per heavy atom. The number of nitrogens with zero attached hydrogens (tertiary/aromatic N) is 4. The van der Waals surface area contributed by atoms with Crippen molar-refractivity contribution in [1.29, 1.82) is 0 Å². The molecule has 1 aromatic heterocycles. The molecule has 0 spiro atoms. The first-order chi connectivity index (χ1) is 19.0. The number of amides is 1. The summed E-state index contributed by atoms with van der Waals surface area (Å²) >= 11 is 0. The van der Waals surface area contributed by atoms with Crippen LogP contribution < -0.4 is 4.90 Å². The predicted octanol–water partition coefficient (Wildman–Crippen LogP) is 6.05. The molecular weight excluding hydrogens is 487 g/mol. The van der Waals surface area contributed by atoms with E-state index in [2.05, 4.69) is 34.1 Å². The molecule has 0 N–H and O–H groups in total. The van der Waals surface area contributed by atoms with Gasteiger partial charge in [-0.1, -0.05) is 42.5 Å². The van der Waals surface area contributed by atoms with Gasteiger partial charge in [0.2, 0.25) is 5.91 Å². The second-order valence-electron chi connectivity index (χ2n) is 12.6. The van der Waals surface area contributed by atoms with Gasteiger partial charge in [0.15, 0.2) is 5.82 Å². The maximum Gasteiger partial charge on any atom is 0.228 e. The summed E-state index contributed by atoms with van der Waals surface area (Å²) in [5.74, 6) is 3.90. The minimum Gasteiger partial charge on any atom is -0.353 e. The van der Waals surface area contributed by atoms with Crippen LogP contribution in [0.5, 0.6) is 0 Å². The molecule has 5 nitrogen and oxygen atoms in total. The molecular formula is C33H37FN4O. The summed E-state index contributed by atoms with van der Waals surface area (Å²) in [4.78, 5) is 28.3. The molecule has 0 radical (unpaired) electrons. The van der Waals surface area contributed by atoms with Gasteiger partial charge in [-0.15, -0.1) is 0 Å². The summed E-state index contributed by atoms with van der Waals surface area (Å²) in [5, 5.41) is 0. The fourth-order valence-corrected chi connectivity index (χ4v) is 8.44. The highest BCUT2D eigenvalue weighted by molar-refractivity contribution is 5.83. The van der Waals surface area contributed by atoms with E-state index in [0.29, 0.717) is 17.3 Å². The first-order valence-electron chi connectivity index (χ1n) is 14.7. The summed E-state index contributed by atoms with van der Waals surface area (Å²) in [5.41, 5.74) is 3.81. The molecule has 6 heteroatoms. The molecule has 3 aromatic rings. The van der Waals surface area contributed by atoms with E-state index in [1.165, 1.54) is 37.0 Å². The van der Waals surface area contributed by atoms with Gasteiger partial charge in [0.25, 0.3) is 0 Å². The summed E-state index contributed by atoms with van der Waals surface area (Å²) in [6.07, 6.45) is 8.13. The third kappa shape index (κ3) is 4.62. The summed E-state index contributed by atoms with van der Waals surface area (Å²) < 4.78 is 14.1. The summed E-state index contributed by atoms with van der Waals surface area (Å²) in [7, 11) is 0. The first kappa shape index (κ1) is 24.7. The monoisotopic (exact) mass is 524 g/mol. The Balaban J connectivity index is 1.15. The molecule has 8 rings (SSSR count). The minimum atomic E-state index is -0.291. The quantitative estimate of drug-likeness (QED) is 0.408. The van der Waals surface area contributed by atoms with Crippen molar-refractivity contribution in [1.82, 2.24) is 14.9 Å². The number of carbonyl (C=O) groups is 1. The van der Waals surface area contributed by atoms with Crippen LogP contribution in [0.2, 0.25) is 0 Å². The predicted molar refractivity (Wildman–Crippen MR) is 151 cm³/mol. The van der Waals surface area contributed by atoms with Crippen LogP contribution in [-0.2, 0) is 11.2 Å². The van der Waals surface area contributed by atoms with Crippen molar-refractivity contribution in [3.8, 4) is 11.4 Å². The van der Waals surface area contributed by atoms with Gasteiger partial charge in [-0.05, 0) is 80.9 Å². The Bertz CT molecular complexity index is 1350. The van der Waals surface area contributed by atoms with Crippen molar-refractivity contribution in [2.45, 2.75) is 51.9 Å². The zero-order chi connectivity index (χ0) is 26.6. The molecule has 39 heavy (non-hydrogen) atoms. The second kappa shape index (κ2) is 9.72. The molecule has 2 aromatic carbocycles. The van der Waals surface area contributed by atoms with Gasteiger partial charge in [-0.3, -0.25) is 4.79 Å². The number of aryl methyl sites for hydroxylation is 1. The van der Waals surface area contributed by atoms with Crippen LogP contribution in [0.15, 0.2) is 54.6 Å². The van der Waals surface area contributed by atoms with Crippen molar-refractivity contribution >= 4 is 11.7 Å². The number of benzene rings is 2. The van der Waals surface area contributed by atoms with E-state index in [1.807, 2.05) is 19.1 Å². The van der Waals surface area contributed by atoms with Crippen LogP contribution in [0, 0.1) is 35.9 Å². The SMILES string of the molecule is Cc1nc(-c2cccc(F)c2)nc(N2CCN(C(=O)C34CC5CC(CC(C5)C3)C4)CC2)c1Cc1ccccc1. The molecule has 2 heterocycles. The maximum atomic E-state index is 14.1. The zero-order valence-corrected chi connectivity index (χ0v) is 22.8. The lowest BCUT2D eigenvalue weighted by Crippen LogP contribution is -2.58. The lowest BCUT2D eigenvalue weighted by Gasteiger charge is -2.57. The van der Waals surface area contributed by atoms with Gasteiger partial charge in [0.1, 0.15) is 11.6 Å². The topological polar surface area (TPSA) is 49.3 Å². The van der Waals surface area contributed by atoms with Gasteiger partial charge in [0.05, 0.1) is 5.41 Å². The van der Waals surface area contributed by atoms with Crippen molar-refractivity contribution in [2.75, 3.05) is 31.1 Å². The number of rotatable bonds is 5. The minimum absolute atomic E-state index is 0.0918. The molecule has 0 unspecified atom stereocenters. The molecule has 1 aliphatic heterocycles. The Hall–Kier alpha value is -3.28. The summed E-state index contributed by atoms with van der Waals surface area (Å²) in [6, 6.07) is 16.9. The van der Waals surface area contributed by atoms with Crippen molar-refractivity contribution in [3.63, 3.8) is 0 Å². The van der Waals surface area contributed by atoms with Gasteiger partial charge in [-0.25, -0.2) is 14.4 Å². The molecule has 4 aliphatic carbocycles. The van der Waals surface area contributed by atoms with Crippen LogP contribution >= 0.6 is 0 Å². The van der Waals surface area contributed by atoms with E-state index in [4.69, 9.17) is 9.97 Å². The van der Waals surface area contributed by atoms with Crippen LogP contribution in [0.25, 0.3) is 11.4 Å². The van der Waals surface area contributed by atoms with E-state index in [9.17, 15) is 9.18 Å². The Morgan fingerprint density at radius 1 is 0.897 bits per heavy atom. The Morgan fingerprint density at radius 2 is 1.56 bits per heavy atom. The lowest BCUT2D eigenvalue weighted by atomic mass is 9.49. The molecule has 1 saturated heterocycles. The first-order valence-corrected chi connectivity index (χ1v) is 14.7. The van der Waals surface area contributed by atoms with E-state index in [-0.39, 0.29) is 11.2 Å². The number of anilines is 1. The van der Waals surface area contributed by atoms with Crippen molar-refractivity contribution in [3.05, 3.63) is 77.2 Å². The van der Waals surface area contributed by atoms with E-state index in [1.54, 1.807) is 6.07 Å².